The summed E-state index contributed by atoms with van der Waals surface area (Å²) in [4.78, 5) is 24.5. The summed E-state index contributed by atoms with van der Waals surface area (Å²) in [6.45, 7) is 1.80. The summed E-state index contributed by atoms with van der Waals surface area (Å²) in [5, 5.41) is 14.6. The summed E-state index contributed by atoms with van der Waals surface area (Å²) in [6.07, 6.45) is 1.56. The number of hydrogen-bond acceptors (Lipinski definition) is 5. The van der Waals surface area contributed by atoms with Gasteiger partial charge in [-0.25, -0.2) is 5.43 Å². The number of rotatable bonds is 5. The molecule has 1 heterocycles. The average molecular weight is 386 g/mol. The van der Waals surface area contributed by atoms with Gasteiger partial charge in [0.2, 0.25) is 0 Å². The van der Waals surface area contributed by atoms with E-state index in [1.807, 2.05) is 24.3 Å². The molecule has 3 aromatic carbocycles. The molecule has 4 rings (SSSR count). The summed E-state index contributed by atoms with van der Waals surface area (Å²) < 4.78 is 0. The normalized spacial score (nSPS) is 12.8. The monoisotopic (exact) mass is 386 g/mol. The first-order chi connectivity index (χ1) is 14.1. The van der Waals surface area contributed by atoms with E-state index < -0.39 is 10.8 Å². The van der Waals surface area contributed by atoms with Gasteiger partial charge in [0.25, 0.3) is 11.6 Å². The van der Waals surface area contributed by atoms with Crippen LogP contribution in [0.3, 0.4) is 0 Å². The van der Waals surface area contributed by atoms with Crippen LogP contribution in [0, 0.1) is 10.1 Å². The molecule has 0 radical (unpaired) electrons. The van der Waals surface area contributed by atoms with Gasteiger partial charge < -0.3 is 4.90 Å². The van der Waals surface area contributed by atoms with Crippen molar-refractivity contribution in [2.24, 2.45) is 5.10 Å². The third-order valence-corrected chi connectivity index (χ3v) is 4.82. The predicted molar refractivity (Wildman–Crippen MR) is 111 cm³/mol. The lowest BCUT2D eigenvalue weighted by Crippen LogP contribution is -2.17. The number of carbonyl (C=O) groups excluding carboxylic acids is 1. The molecule has 1 amide bonds. The number of nitro benzene ring substituents is 1. The van der Waals surface area contributed by atoms with Gasteiger partial charge in [-0.2, -0.15) is 5.10 Å². The Bertz CT molecular complexity index is 1050. The Morgan fingerprint density at radius 2 is 1.59 bits per heavy atom. The van der Waals surface area contributed by atoms with E-state index in [0.717, 1.165) is 24.3 Å². The molecule has 0 aliphatic carbocycles. The number of fused-ring (bicyclic) bond motifs is 1. The van der Waals surface area contributed by atoms with Crippen LogP contribution in [-0.2, 0) is 13.1 Å². The third-order valence-electron chi connectivity index (χ3n) is 4.82. The van der Waals surface area contributed by atoms with Crippen molar-refractivity contribution in [3.63, 3.8) is 0 Å². The first-order valence-electron chi connectivity index (χ1n) is 9.10. The Hall–Kier alpha value is -4.00. The zero-order valence-corrected chi connectivity index (χ0v) is 15.5. The Morgan fingerprint density at radius 1 is 0.966 bits per heavy atom. The van der Waals surface area contributed by atoms with Crippen molar-refractivity contribution < 1.29 is 9.72 Å². The number of nitro groups is 1. The molecule has 1 N–H and O–H groups in total. The van der Waals surface area contributed by atoms with Crippen LogP contribution in [0.5, 0.6) is 0 Å². The zero-order valence-electron chi connectivity index (χ0n) is 15.5. The summed E-state index contributed by atoms with van der Waals surface area (Å²) >= 11 is 0. The number of nitrogens with zero attached hydrogens (tertiary/aromatic N) is 3. The molecule has 0 atom stereocenters. The number of anilines is 1. The van der Waals surface area contributed by atoms with Gasteiger partial charge in [-0.1, -0.05) is 36.4 Å². The molecular formula is C22H18N4O3. The van der Waals surface area contributed by atoms with Crippen LogP contribution in [0.25, 0.3) is 0 Å². The van der Waals surface area contributed by atoms with Gasteiger partial charge in [0, 0.05) is 36.5 Å². The molecule has 7 nitrogen and oxygen atoms in total. The SMILES string of the molecule is O=C(NN=Cc1ccc(N2Cc3ccccc3C2)cc1)c1ccc([N+](=O)[O-])cc1. The van der Waals surface area contributed by atoms with Crippen molar-refractivity contribution in [1.29, 1.82) is 0 Å². The second-order valence-electron chi connectivity index (χ2n) is 6.72. The topological polar surface area (TPSA) is 87.8 Å². The molecular weight excluding hydrogens is 368 g/mol. The number of hydrogen-bond donors (Lipinski definition) is 1. The maximum Gasteiger partial charge on any atom is 0.271 e. The number of nitrogens with one attached hydrogen (secondary N) is 1. The molecule has 144 valence electrons. The van der Waals surface area contributed by atoms with Gasteiger partial charge >= 0.3 is 0 Å². The van der Waals surface area contributed by atoms with E-state index in [1.165, 1.54) is 35.4 Å². The third kappa shape index (κ3) is 4.14. The van der Waals surface area contributed by atoms with Gasteiger partial charge in [0.05, 0.1) is 11.1 Å². The molecule has 0 aromatic heterocycles. The van der Waals surface area contributed by atoms with E-state index in [4.69, 9.17) is 0 Å². The number of amides is 1. The fourth-order valence-corrected chi connectivity index (χ4v) is 3.25. The van der Waals surface area contributed by atoms with Crippen molar-refractivity contribution in [1.82, 2.24) is 5.43 Å². The molecule has 29 heavy (non-hydrogen) atoms. The minimum Gasteiger partial charge on any atom is -0.363 e. The maximum absolute atomic E-state index is 12.1. The fraction of sp³-hybridized carbons (Fsp3) is 0.0909. The average Bonchev–Trinajstić information content (AvgIpc) is 3.18. The molecule has 3 aromatic rings. The van der Waals surface area contributed by atoms with Crippen LogP contribution in [0.2, 0.25) is 0 Å². The van der Waals surface area contributed by atoms with Crippen molar-refractivity contribution in [3.05, 3.63) is 105 Å². The fourth-order valence-electron chi connectivity index (χ4n) is 3.25. The highest BCUT2D eigenvalue weighted by Crippen LogP contribution is 2.27. The molecule has 1 aliphatic heterocycles. The molecule has 0 fully saturated rings. The second-order valence-corrected chi connectivity index (χ2v) is 6.72. The maximum atomic E-state index is 12.1. The summed E-state index contributed by atoms with van der Waals surface area (Å²) in [5.41, 5.74) is 7.36. The molecule has 7 heteroatoms. The highest BCUT2D eigenvalue weighted by atomic mass is 16.6. The Balaban J connectivity index is 1.35. The standard InChI is InChI=1S/C22H18N4O3/c27-22(17-7-11-21(12-8-17)26(28)29)24-23-13-16-5-9-20(10-6-16)25-14-18-3-1-2-4-19(18)15-25/h1-13H,14-15H2,(H,24,27). The quantitative estimate of drug-likeness (QED) is 0.409. The van der Waals surface area contributed by atoms with E-state index in [1.54, 1.807) is 6.21 Å². The lowest BCUT2D eigenvalue weighted by atomic mass is 10.1. The van der Waals surface area contributed by atoms with Gasteiger partial charge in [-0.15, -0.1) is 0 Å². The Labute approximate surface area is 167 Å². The largest absolute Gasteiger partial charge is 0.363 e. The van der Waals surface area contributed by atoms with Crippen molar-refractivity contribution >= 4 is 23.5 Å². The van der Waals surface area contributed by atoms with Crippen molar-refractivity contribution in [2.45, 2.75) is 13.1 Å². The van der Waals surface area contributed by atoms with Crippen LogP contribution < -0.4 is 10.3 Å². The first kappa shape index (κ1) is 18.4. The highest BCUT2D eigenvalue weighted by molar-refractivity contribution is 5.95. The Kier molecular flexibility index (Phi) is 5.03. The van der Waals surface area contributed by atoms with E-state index in [2.05, 4.69) is 39.7 Å². The molecule has 0 saturated carbocycles. The van der Waals surface area contributed by atoms with Gasteiger partial charge in [0.15, 0.2) is 0 Å². The number of benzene rings is 3. The minimum atomic E-state index is -0.510. The smallest absolute Gasteiger partial charge is 0.271 e. The summed E-state index contributed by atoms with van der Waals surface area (Å²) in [7, 11) is 0. The molecule has 0 unspecified atom stereocenters. The van der Waals surface area contributed by atoms with Crippen molar-refractivity contribution in [2.75, 3.05) is 4.90 Å². The van der Waals surface area contributed by atoms with Crippen molar-refractivity contribution in [3.8, 4) is 0 Å². The van der Waals surface area contributed by atoms with Crippen LogP contribution >= 0.6 is 0 Å². The van der Waals surface area contributed by atoms with Crippen LogP contribution in [-0.4, -0.2) is 17.0 Å². The Morgan fingerprint density at radius 3 is 2.17 bits per heavy atom. The lowest BCUT2D eigenvalue weighted by molar-refractivity contribution is -0.384. The first-order valence-corrected chi connectivity index (χ1v) is 9.10. The van der Waals surface area contributed by atoms with Crippen LogP contribution in [0.1, 0.15) is 27.0 Å². The van der Waals surface area contributed by atoms with Crippen LogP contribution in [0.4, 0.5) is 11.4 Å². The van der Waals surface area contributed by atoms with Crippen LogP contribution in [0.15, 0.2) is 77.9 Å². The van der Waals surface area contributed by atoms with Gasteiger partial charge in [-0.05, 0) is 41.0 Å². The van der Waals surface area contributed by atoms with E-state index >= 15 is 0 Å². The second kappa shape index (κ2) is 7.93. The number of non-ortho nitro benzene ring substituents is 1. The lowest BCUT2D eigenvalue weighted by Gasteiger charge is -2.17. The summed E-state index contributed by atoms with van der Waals surface area (Å²) in [5.74, 6) is -0.428. The number of carbonyl (C=O) groups is 1. The number of hydrazone groups is 1. The molecule has 0 saturated heterocycles. The molecule has 0 spiro atoms. The van der Waals surface area contributed by atoms with E-state index in [-0.39, 0.29) is 5.69 Å². The predicted octanol–water partition coefficient (Wildman–Crippen LogP) is 3.88. The van der Waals surface area contributed by atoms with E-state index in [0.29, 0.717) is 5.56 Å². The summed E-state index contributed by atoms with van der Waals surface area (Å²) in [6, 6.07) is 21.8. The zero-order chi connectivity index (χ0) is 20.2. The van der Waals surface area contributed by atoms with Gasteiger partial charge in [0.1, 0.15) is 0 Å². The highest BCUT2D eigenvalue weighted by Gasteiger charge is 2.18. The van der Waals surface area contributed by atoms with E-state index in [9.17, 15) is 14.9 Å². The van der Waals surface area contributed by atoms with Gasteiger partial charge in [-0.3, -0.25) is 14.9 Å². The molecule has 1 aliphatic rings. The molecule has 0 bridgehead atoms. The minimum absolute atomic E-state index is 0.0637.